The van der Waals surface area contributed by atoms with Crippen molar-refractivity contribution in [3.05, 3.63) is 466 Å². The third-order valence-corrected chi connectivity index (χ3v) is 24.2. The summed E-state index contributed by atoms with van der Waals surface area (Å²) in [6.07, 6.45) is 15.8. The molecule has 2 nitrogen and oxygen atoms in total. The zero-order chi connectivity index (χ0) is 74.2. The Labute approximate surface area is 647 Å². The Hall–Kier alpha value is -13.6. The van der Waals surface area contributed by atoms with Gasteiger partial charge in [-0.3, -0.25) is 0 Å². The van der Waals surface area contributed by atoms with E-state index in [4.69, 9.17) is 6.42 Å². The van der Waals surface area contributed by atoms with E-state index >= 15 is 0 Å². The van der Waals surface area contributed by atoms with Gasteiger partial charge in [0.05, 0.1) is 10.8 Å². The van der Waals surface area contributed by atoms with Crippen molar-refractivity contribution in [1.29, 1.82) is 0 Å². The fourth-order valence-electron chi connectivity index (χ4n) is 18.9. The molecular weight excluding hydrogens is 1330 g/mol. The lowest BCUT2D eigenvalue weighted by molar-refractivity contribution is 0.614. The van der Waals surface area contributed by atoms with Crippen molar-refractivity contribution in [2.45, 2.75) is 49.9 Å². The van der Waals surface area contributed by atoms with Gasteiger partial charge < -0.3 is 9.80 Å². The zero-order valence-electron chi connectivity index (χ0n) is 62.1. The largest absolute Gasteiger partial charge is 0.310 e. The maximum Gasteiger partial charge on any atom is 0.0727 e. The zero-order valence-corrected chi connectivity index (χ0v) is 62.1. The second-order valence-corrected chi connectivity index (χ2v) is 30.1. The first-order valence-corrected chi connectivity index (χ1v) is 38.3. The van der Waals surface area contributed by atoms with Gasteiger partial charge in [-0.2, -0.15) is 0 Å². The first-order chi connectivity index (χ1) is 54.1. The summed E-state index contributed by atoms with van der Waals surface area (Å²) in [5.41, 5.74) is 38.5. The van der Waals surface area contributed by atoms with E-state index in [0.29, 0.717) is 0 Å². The molecule has 0 N–H and O–H groups in total. The number of hydrogen-bond donors (Lipinski definition) is 0. The molecule has 0 saturated heterocycles. The topological polar surface area (TPSA) is 6.48 Å². The Morgan fingerprint density at radius 1 is 0.327 bits per heavy atom. The molecule has 0 heterocycles. The predicted molar refractivity (Wildman–Crippen MR) is 463 cm³/mol. The van der Waals surface area contributed by atoms with Crippen molar-refractivity contribution < 1.29 is 0 Å². The third-order valence-electron chi connectivity index (χ3n) is 24.2. The summed E-state index contributed by atoms with van der Waals surface area (Å²) in [7, 11) is 0. The number of hydrogen-bond acceptors (Lipinski definition) is 2. The molecule has 2 heteroatoms. The van der Waals surface area contributed by atoms with Gasteiger partial charge in [0, 0.05) is 39.5 Å². The number of terminal acetylenes is 1. The van der Waals surface area contributed by atoms with Crippen molar-refractivity contribution in [3.8, 4) is 79.1 Å². The van der Waals surface area contributed by atoms with Crippen LogP contribution in [0.1, 0.15) is 91.7 Å². The van der Waals surface area contributed by atoms with Gasteiger partial charge in [-0.1, -0.05) is 334 Å². The quantitative estimate of drug-likeness (QED) is 0.0662. The second kappa shape index (κ2) is 27.0. The van der Waals surface area contributed by atoms with Gasteiger partial charge >= 0.3 is 0 Å². The number of anilines is 6. The van der Waals surface area contributed by atoms with Crippen LogP contribution in [-0.2, 0) is 29.1 Å². The predicted octanol–water partition coefficient (Wildman–Crippen LogP) is 27.5. The molecule has 0 saturated carbocycles. The highest BCUT2D eigenvalue weighted by atomic mass is 15.1. The molecule has 0 amide bonds. The number of nitrogens with zero attached hydrogens (tertiary/aromatic N) is 2. The maximum atomic E-state index is 6.09. The molecule has 0 fully saturated rings. The molecule has 110 heavy (non-hydrogen) atoms. The molecule has 0 aromatic heterocycles. The van der Waals surface area contributed by atoms with Crippen molar-refractivity contribution in [2.24, 2.45) is 0 Å². The molecule has 4 aliphatic carbocycles. The molecule has 522 valence electrons. The summed E-state index contributed by atoms with van der Waals surface area (Å²) in [5, 5.41) is 0. The van der Waals surface area contributed by atoms with Gasteiger partial charge in [0.1, 0.15) is 0 Å². The lowest BCUT2D eigenvalue weighted by atomic mass is 9.68. The van der Waals surface area contributed by atoms with Crippen LogP contribution in [0, 0.1) is 19.3 Å². The average molecular weight is 1410 g/mol. The lowest BCUT2D eigenvalue weighted by Crippen LogP contribution is -2.30. The van der Waals surface area contributed by atoms with Crippen molar-refractivity contribution in [3.63, 3.8) is 0 Å². The van der Waals surface area contributed by atoms with Crippen molar-refractivity contribution in [2.75, 3.05) is 9.80 Å². The van der Waals surface area contributed by atoms with Gasteiger partial charge in [0.25, 0.3) is 0 Å². The van der Waals surface area contributed by atoms with Crippen LogP contribution in [0.15, 0.2) is 388 Å². The molecule has 15 aromatic carbocycles. The van der Waals surface area contributed by atoms with E-state index < -0.39 is 16.2 Å². The van der Waals surface area contributed by atoms with Crippen LogP contribution in [0.25, 0.3) is 78.9 Å². The molecule has 15 aromatic rings. The minimum Gasteiger partial charge on any atom is -0.310 e. The van der Waals surface area contributed by atoms with Crippen LogP contribution < -0.4 is 9.80 Å². The molecule has 0 bridgehead atoms. The van der Waals surface area contributed by atoms with Gasteiger partial charge in [-0.15, -0.1) is 6.42 Å². The van der Waals surface area contributed by atoms with Crippen LogP contribution in [0.4, 0.5) is 34.1 Å². The minimum absolute atomic E-state index is 0.536. The maximum absolute atomic E-state index is 6.09. The number of benzene rings is 15. The Balaban J connectivity index is 0.827. The Morgan fingerprint density at radius 2 is 0.682 bits per heavy atom. The number of rotatable bonds is 17. The monoisotopic (exact) mass is 1400 g/mol. The van der Waals surface area contributed by atoms with Crippen LogP contribution in [-0.4, -0.2) is 0 Å². The van der Waals surface area contributed by atoms with E-state index in [1.165, 1.54) is 128 Å². The molecule has 3 atom stereocenters. The summed E-state index contributed by atoms with van der Waals surface area (Å²) >= 11 is 0. The molecule has 4 aliphatic rings. The summed E-state index contributed by atoms with van der Waals surface area (Å²) in [4.78, 5) is 5.04. The van der Waals surface area contributed by atoms with Gasteiger partial charge in [-0.05, 0) is 251 Å². The molecule has 1 spiro atoms. The molecule has 0 aliphatic heterocycles. The molecule has 3 unspecified atom stereocenters. The van der Waals surface area contributed by atoms with Crippen LogP contribution in [0.2, 0.25) is 0 Å². The third kappa shape index (κ3) is 10.7. The summed E-state index contributed by atoms with van der Waals surface area (Å²) < 4.78 is 0. The van der Waals surface area contributed by atoms with Crippen LogP contribution in [0.5, 0.6) is 0 Å². The van der Waals surface area contributed by atoms with E-state index in [-0.39, 0.29) is 0 Å². The van der Waals surface area contributed by atoms with E-state index in [9.17, 15) is 0 Å². The highest BCUT2D eigenvalue weighted by Gasteiger charge is 2.53. The van der Waals surface area contributed by atoms with Gasteiger partial charge in [0.2, 0.25) is 0 Å². The second-order valence-electron chi connectivity index (χ2n) is 30.1. The first-order valence-electron chi connectivity index (χ1n) is 38.3. The highest BCUT2D eigenvalue weighted by molar-refractivity contribution is 5.99. The Morgan fingerprint density at radius 3 is 1.15 bits per heavy atom. The summed E-state index contributed by atoms with van der Waals surface area (Å²) in [5.74, 6) is 2.90. The van der Waals surface area contributed by atoms with E-state index in [1.54, 1.807) is 0 Å². The number of allylic oxidation sites excluding steroid dienone is 4. The van der Waals surface area contributed by atoms with E-state index in [2.05, 4.69) is 407 Å². The summed E-state index contributed by atoms with van der Waals surface area (Å²) in [6, 6.07) is 133. The van der Waals surface area contributed by atoms with Crippen LogP contribution in [0.3, 0.4) is 0 Å². The number of aryl methyl sites for hydroxylation is 1. The van der Waals surface area contributed by atoms with Crippen molar-refractivity contribution in [1.82, 2.24) is 0 Å². The van der Waals surface area contributed by atoms with E-state index in [1.807, 2.05) is 19.1 Å². The van der Waals surface area contributed by atoms with Gasteiger partial charge in [-0.25, -0.2) is 0 Å². The first kappa shape index (κ1) is 67.1. The van der Waals surface area contributed by atoms with Crippen LogP contribution >= 0.6 is 0 Å². The molecular formula is C108H80N2. The SMILES string of the molecule is C#C/C(C)=C\C=C(/C)C1(Cc2ccc(C=C)cc2)c2ccccc2-c2ccc(N(c3ccc(-c4ccccc4)cc3)c3ccc4c(c3)C3(c5ccccc5-4)c4ccccc4-c4ccc(N(c5ccc(-c6ccccc6)cc5)c5ccc6c(c5)C(Cc5ccc(C=C)cc5)(c5ccc(C)cc5)c5ccccc5-6)cc43)cc21. The van der Waals surface area contributed by atoms with Gasteiger partial charge in [0.15, 0.2) is 0 Å². The normalized spacial score (nSPS) is 16.5. The lowest BCUT2D eigenvalue weighted by Gasteiger charge is -2.36. The fourth-order valence-corrected chi connectivity index (χ4v) is 18.9. The summed E-state index contributed by atoms with van der Waals surface area (Å²) in [6.45, 7) is 14.7. The highest BCUT2D eigenvalue weighted by Crippen LogP contribution is 2.65. The smallest absolute Gasteiger partial charge is 0.0727 e. The molecule has 0 radical (unpaired) electrons. The average Bonchev–Trinajstić information content (AvgIpc) is 1.51. The standard InChI is InChI=1S/C108H80N2/c1-7-72(4)36-39-74(6)106(70-77-44-40-75(8-2)41-45-77)98-32-20-16-28-90(98)94-62-58-86(66-102(94)106)109(84-54-48-81(49-55-84)79-24-12-10-13-25-79)88-60-64-96-92-30-18-22-34-100(92)108(104(96)68-88)101-35-23-19-31-93(101)97-65-61-89(69-105(97)108)110(85-56-50-82(51-57-85)80-26-14-11-15-27-80)87-59-63-95-91-29-17-21-33-99(91)107(103(95)67-87,83-52-37-73(5)38-53-83)71-78-46-42-76(9-3)43-47-78/h1,8-69H,2-3,70-71H2,4-6H3/b72-36-,74-39+. The molecule has 19 rings (SSSR count). The fraction of sp³-hybridized carbons (Fsp3) is 0.0741. The van der Waals surface area contributed by atoms with Crippen molar-refractivity contribution >= 4 is 46.3 Å². The Kier molecular flexibility index (Phi) is 16.5. The minimum atomic E-state index is -0.751. The Bertz CT molecular complexity index is 6250. The van der Waals surface area contributed by atoms with E-state index in [0.717, 1.165) is 74.8 Å². The number of fused-ring (bicyclic) bond motifs is 16.